The van der Waals surface area contributed by atoms with E-state index in [1.54, 1.807) is 4.90 Å². The zero-order valence-electron chi connectivity index (χ0n) is 13.9. The number of aryl methyl sites for hydroxylation is 1. The molecule has 4 rings (SSSR count). The summed E-state index contributed by atoms with van der Waals surface area (Å²) in [4.78, 5) is 18.9. The summed E-state index contributed by atoms with van der Waals surface area (Å²) in [6, 6.07) is 7.55. The molecule has 1 amide bonds. The van der Waals surface area contributed by atoms with Crippen LogP contribution in [0.5, 0.6) is 0 Å². The predicted molar refractivity (Wildman–Crippen MR) is 88.7 cm³/mol. The number of hydrogen-bond donors (Lipinski definition) is 1. The summed E-state index contributed by atoms with van der Waals surface area (Å²) in [6.45, 7) is 3.46. The number of hydrogen-bond acceptors (Lipinski definition) is 6. The number of carbonyl (C=O) groups excluding carboxylic acids is 1. The van der Waals surface area contributed by atoms with Crippen LogP contribution in [0.4, 0.5) is 0 Å². The molecule has 1 aliphatic rings. The van der Waals surface area contributed by atoms with Gasteiger partial charge in [0.1, 0.15) is 17.6 Å². The monoisotopic (exact) mass is 341 g/mol. The van der Waals surface area contributed by atoms with E-state index in [0.29, 0.717) is 36.8 Å². The van der Waals surface area contributed by atoms with Crippen LogP contribution in [0.1, 0.15) is 30.4 Å². The molecule has 3 heterocycles. The summed E-state index contributed by atoms with van der Waals surface area (Å²) in [7, 11) is 0. The Morgan fingerprint density at radius 1 is 1.40 bits per heavy atom. The van der Waals surface area contributed by atoms with Crippen LogP contribution < -0.4 is 0 Å². The van der Waals surface area contributed by atoms with E-state index in [2.05, 4.69) is 20.3 Å². The van der Waals surface area contributed by atoms with Gasteiger partial charge in [0.25, 0.3) is 0 Å². The minimum absolute atomic E-state index is 0.00129. The first-order chi connectivity index (χ1) is 12.2. The number of benzene rings is 1. The zero-order valence-corrected chi connectivity index (χ0v) is 13.9. The van der Waals surface area contributed by atoms with Crippen molar-refractivity contribution in [3.05, 3.63) is 41.6 Å². The molecule has 1 atom stereocenters. The number of para-hydroxylation sites is 1. The molecule has 0 aliphatic carbocycles. The zero-order chi connectivity index (χ0) is 17.2. The third kappa shape index (κ3) is 3.12. The van der Waals surface area contributed by atoms with Crippen molar-refractivity contribution in [1.82, 2.24) is 25.2 Å². The van der Waals surface area contributed by atoms with Crippen molar-refractivity contribution in [3.63, 3.8) is 0 Å². The molecule has 8 nitrogen and oxygen atoms in total. The highest BCUT2D eigenvalue weighted by molar-refractivity contribution is 5.86. The van der Waals surface area contributed by atoms with Crippen LogP contribution in [0, 0.1) is 0 Å². The fraction of sp³-hybridized carbons (Fsp3) is 0.412. The highest BCUT2D eigenvalue weighted by Gasteiger charge is 2.28. The number of morpholine rings is 1. The molecule has 1 N–H and O–H groups in total. The van der Waals surface area contributed by atoms with Gasteiger partial charge in [-0.3, -0.25) is 9.89 Å². The number of carbonyl (C=O) groups is 1. The van der Waals surface area contributed by atoms with Crippen LogP contribution in [0.3, 0.4) is 0 Å². The summed E-state index contributed by atoms with van der Waals surface area (Å²) >= 11 is 0. The summed E-state index contributed by atoms with van der Waals surface area (Å²) in [6.07, 6.45) is 0.683. The summed E-state index contributed by atoms with van der Waals surface area (Å²) in [5, 5.41) is 12.0. The number of ether oxygens (including phenoxy) is 1. The van der Waals surface area contributed by atoms with E-state index in [4.69, 9.17) is 9.26 Å². The molecule has 1 unspecified atom stereocenters. The van der Waals surface area contributed by atoms with E-state index in [9.17, 15) is 4.79 Å². The summed E-state index contributed by atoms with van der Waals surface area (Å²) < 4.78 is 11.0. The van der Waals surface area contributed by atoms with Gasteiger partial charge in [-0.2, -0.15) is 5.10 Å². The minimum Gasteiger partial charge on any atom is -0.366 e. The fourth-order valence-electron chi connectivity index (χ4n) is 2.96. The molecule has 1 aromatic carbocycles. The number of rotatable bonds is 4. The van der Waals surface area contributed by atoms with E-state index in [1.807, 2.05) is 31.2 Å². The third-order valence-corrected chi connectivity index (χ3v) is 4.36. The lowest BCUT2D eigenvalue weighted by atomic mass is 10.1. The maximum absolute atomic E-state index is 12.7. The second-order valence-electron chi connectivity index (χ2n) is 6.00. The molecule has 1 saturated heterocycles. The van der Waals surface area contributed by atoms with Gasteiger partial charge in [0.05, 0.1) is 19.6 Å². The highest BCUT2D eigenvalue weighted by Crippen LogP contribution is 2.22. The molecule has 130 valence electrons. The molecule has 0 bridgehead atoms. The Balaban J connectivity index is 1.46. The quantitative estimate of drug-likeness (QED) is 0.775. The molecule has 0 radical (unpaired) electrons. The van der Waals surface area contributed by atoms with Crippen LogP contribution in [-0.2, 0) is 22.4 Å². The molecule has 25 heavy (non-hydrogen) atoms. The van der Waals surface area contributed by atoms with Crippen molar-refractivity contribution in [3.8, 4) is 0 Å². The van der Waals surface area contributed by atoms with Gasteiger partial charge < -0.3 is 14.2 Å². The van der Waals surface area contributed by atoms with Crippen LogP contribution in [0.15, 0.2) is 28.8 Å². The first-order valence-electron chi connectivity index (χ1n) is 8.38. The summed E-state index contributed by atoms with van der Waals surface area (Å²) in [5.41, 5.74) is 1.35. The SMILES string of the molecule is CCc1nc(C2CN(C(=O)Cc3noc4ccccc34)CCO2)n[nH]1. The van der Waals surface area contributed by atoms with Gasteiger partial charge >= 0.3 is 0 Å². The number of nitrogens with one attached hydrogen (secondary N) is 1. The van der Waals surface area contributed by atoms with Crippen LogP contribution >= 0.6 is 0 Å². The third-order valence-electron chi connectivity index (χ3n) is 4.36. The second-order valence-corrected chi connectivity index (χ2v) is 6.00. The topological polar surface area (TPSA) is 97.1 Å². The Morgan fingerprint density at radius 3 is 3.12 bits per heavy atom. The molecule has 3 aromatic rings. The van der Waals surface area contributed by atoms with Gasteiger partial charge in [-0.25, -0.2) is 4.98 Å². The maximum Gasteiger partial charge on any atom is 0.228 e. The van der Waals surface area contributed by atoms with E-state index >= 15 is 0 Å². The number of aromatic nitrogens is 4. The first kappa shape index (κ1) is 15.8. The maximum atomic E-state index is 12.7. The number of amides is 1. The largest absolute Gasteiger partial charge is 0.366 e. The van der Waals surface area contributed by atoms with Gasteiger partial charge in [-0.1, -0.05) is 24.2 Å². The van der Waals surface area contributed by atoms with Gasteiger partial charge in [0, 0.05) is 18.4 Å². The lowest BCUT2D eigenvalue weighted by Gasteiger charge is -2.31. The average molecular weight is 341 g/mol. The molecule has 0 spiro atoms. The molecule has 2 aromatic heterocycles. The lowest BCUT2D eigenvalue weighted by molar-refractivity contribution is -0.138. The van der Waals surface area contributed by atoms with E-state index in [-0.39, 0.29) is 18.4 Å². The van der Waals surface area contributed by atoms with Crippen molar-refractivity contribution >= 4 is 16.9 Å². The molecule has 8 heteroatoms. The number of aromatic amines is 1. The Morgan fingerprint density at radius 2 is 2.28 bits per heavy atom. The Bertz CT molecular complexity index is 887. The molecular formula is C17H19N5O3. The molecule has 0 saturated carbocycles. The fourth-order valence-corrected chi connectivity index (χ4v) is 2.96. The van der Waals surface area contributed by atoms with Crippen molar-refractivity contribution in [2.24, 2.45) is 0 Å². The van der Waals surface area contributed by atoms with Crippen molar-refractivity contribution in [1.29, 1.82) is 0 Å². The number of nitrogens with zero attached hydrogens (tertiary/aromatic N) is 4. The number of fused-ring (bicyclic) bond motifs is 1. The molecular weight excluding hydrogens is 322 g/mol. The van der Waals surface area contributed by atoms with Gasteiger partial charge in [0.15, 0.2) is 11.4 Å². The lowest BCUT2D eigenvalue weighted by Crippen LogP contribution is -2.43. The van der Waals surface area contributed by atoms with Gasteiger partial charge in [-0.05, 0) is 12.1 Å². The Kier molecular flexibility index (Phi) is 4.19. The molecule has 1 aliphatic heterocycles. The van der Waals surface area contributed by atoms with E-state index in [1.165, 1.54) is 0 Å². The second kappa shape index (κ2) is 6.64. The highest BCUT2D eigenvalue weighted by atomic mass is 16.5. The smallest absolute Gasteiger partial charge is 0.228 e. The predicted octanol–water partition coefficient (Wildman–Crippen LogP) is 1.65. The average Bonchev–Trinajstić information content (AvgIpc) is 3.29. The van der Waals surface area contributed by atoms with Crippen molar-refractivity contribution < 1.29 is 14.1 Å². The van der Waals surface area contributed by atoms with Gasteiger partial charge in [0.2, 0.25) is 5.91 Å². The van der Waals surface area contributed by atoms with Crippen LogP contribution in [-0.4, -0.2) is 50.8 Å². The van der Waals surface area contributed by atoms with Crippen LogP contribution in [0.25, 0.3) is 11.0 Å². The standard InChI is InChI=1S/C17H19N5O3/c1-2-15-18-17(20-19-15)14-10-22(7-8-24-14)16(23)9-12-11-5-3-4-6-13(11)25-21-12/h3-6,14H,2,7-10H2,1H3,(H,18,19,20). The molecule has 1 fully saturated rings. The van der Waals surface area contributed by atoms with E-state index < -0.39 is 0 Å². The van der Waals surface area contributed by atoms with Crippen LogP contribution in [0.2, 0.25) is 0 Å². The minimum atomic E-state index is -0.302. The summed E-state index contributed by atoms with van der Waals surface area (Å²) in [5.74, 6) is 1.41. The Hall–Kier alpha value is -2.74. The van der Waals surface area contributed by atoms with Crippen molar-refractivity contribution in [2.75, 3.05) is 19.7 Å². The van der Waals surface area contributed by atoms with E-state index in [0.717, 1.165) is 17.6 Å². The van der Waals surface area contributed by atoms with Crippen molar-refractivity contribution in [2.45, 2.75) is 25.9 Å². The normalized spacial score (nSPS) is 18.0. The first-order valence-corrected chi connectivity index (χ1v) is 8.38. The Labute approximate surface area is 144 Å². The van der Waals surface area contributed by atoms with Gasteiger partial charge in [-0.15, -0.1) is 0 Å². The number of H-pyrrole nitrogens is 1.